The van der Waals surface area contributed by atoms with Gasteiger partial charge < -0.3 is 4.98 Å². The van der Waals surface area contributed by atoms with Gasteiger partial charge >= 0.3 is 0 Å². The van der Waals surface area contributed by atoms with Gasteiger partial charge in [-0.25, -0.2) is 9.37 Å². The van der Waals surface area contributed by atoms with Crippen LogP contribution in [-0.2, 0) is 5.33 Å². The fourth-order valence-electron chi connectivity index (χ4n) is 1.16. The first-order chi connectivity index (χ1) is 6.20. The summed E-state index contributed by atoms with van der Waals surface area (Å²) in [7, 11) is 0. The molecule has 0 radical (unpaired) electrons. The van der Waals surface area contributed by atoms with E-state index in [1.807, 2.05) is 0 Å². The number of hydrogen-bond donors (Lipinski definition) is 1. The van der Waals surface area contributed by atoms with Gasteiger partial charge in [0.1, 0.15) is 17.2 Å². The van der Waals surface area contributed by atoms with E-state index in [-0.39, 0.29) is 5.82 Å². The Bertz CT molecular complexity index is 455. The summed E-state index contributed by atoms with van der Waals surface area (Å²) in [6.07, 6.45) is 0. The minimum atomic E-state index is -0.235. The van der Waals surface area contributed by atoms with Crippen LogP contribution in [0.15, 0.2) is 12.1 Å². The molecule has 0 bridgehead atoms. The van der Waals surface area contributed by atoms with Crippen molar-refractivity contribution >= 4 is 49.6 Å². The van der Waals surface area contributed by atoms with Gasteiger partial charge in [0, 0.05) is 3.57 Å². The average molecular weight is 355 g/mol. The third kappa shape index (κ3) is 1.71. The van der Waals surface area contributed by atoms with E-state index in [0.717, 1.165) is 20.4 Å². The summed E-state index contributed by atoms with van der Waals surface area (Å²) in [5.41, 5.74) is 1.58. The maximum absolute atomic E-state index is 12.9. The zero-order valence-electron chi connectivity index (χ0n) is 6.44. The molecule has 0 spiro atoms. The number of alkyl halides is 1. The Hall–Kier alpha value is -0.170. The predicted octanol–water partition coefficient (Wildman–Crippen LogP) is 3.20. The molecule has 1 aromatic heterocycles. The van der Waals surface area contributed by atoms with Crippen molar-refractivity contribution in [3.05, 3.63) is 27.3 Å². The maximum Gasteiger partial charge on any atom is 0.126 e. The van der Waals surface area contributed by atoms with Crippen molar-refractivity contribution in [2.45, 2.75) is 5.33 Å². The first-order valence-corrected chi connectivity index (χ1v) is 5.80. The molecule has 2 aromatic rings. The maximum atomic E-state index is 12.9. The van der Waals surface area contributed by atoms with E-state index in [1.165, 1.54) is 12.1 Å². The summed E-state index contributed by atoms with van der Waals surface area (Å²) in [5, 5.41) is 0.652. The molecular formula is C8H5BrFIN2. The predicted molar refractivity (Wildman–Crippen MR) is 61.4 cm³/mol. The molecule has 2 nitrogen and oxygen atoms in total. The largest absolute Gasteiger partial charge is 0.341 e. The monoisotopic (exact) mass is 354 g/mol. The third-order valence-electron chi connectivity index (χ3n) is 1.68. The number of nitrogens with zero attached hydrogens (tertiary/aromatic N) is 1. The number of fused-ring (bicyclic) bond motifs is 1. The molecule has 68 valence electrons. The lowest BCUT2D eigenvalue weighted by molar-refractivity contribution is 0.628. The molecule has 0 unspecified atom stereocenters. The molecule has 0 aliphatic carbocycles. The van der Waals surface area contributed by atoms with Crippen molar-refractivity contribution in [2.24, 2.45) is 0 Å². The van der Waals surface area contributed by atoms with E-state index in [4.69, 9.17) is 0 Å². The second-order valence-corrected chi connectivity index (χ2v) is 4.32. The lowest BCUT2D eigenvalue weighted by atomic mass is 10.3. The number of H-pyrrole nitrogens is 1. The van der Waals surface area contributed by atoms with Crippen molar-refractivity contribution in [2.75, 3.05) is 0 Å². The highest BCUT2D eigenvalue weighted by atomic mass is 127. The molecule has 0 fully saturated rings. The molecule has 2 rings (SSSR count). The number of hydrogen-bond acceptors (Lipinski definition) is 1. The van der Waals surface area contributed by atoms with E-state index in [2.05, 4.69) is 48.5 Å². The number of aromatic amines is 1. The Morgan fingerprint density at radius 3 is 3.00 bits per heavy atom. The highest BCUT2D eigenvalue weighted by molar-refractivity contribution is 14.1. The van der Waals surface area contributed by atoms with Crippen molar-refractivity contribution in [3.63, 3.8) is 0 Å². The van der Waals surface area contributed by atoms with Gasteiger partial charge in [0.2, 0.25) is 0 Å². The molecule has 0 aliphatic heterocycles. The Morgan fingerprint density at radius 2 is 2.31 bits per heavy atom. The standard InChI is InChI=1S/C8H5BrFIN2/c9-3-7-12-6-2-4(10)1-5(11)8(6)13-7/h1-2H,3H2,(H,12,13). The molecule has 13 heavy (non-hydrogen) atoms. The second-order valence-electron chi connectivity index (χ2n) is 2.60. The van der Waals surface area contributed by atoms with Gasteiger partial charge in [-0.1, -0.05) is 15.9 Å². The molecule has 0 aliphatic rings. The first kappa shape index (κ1) is 9.39. The van der Waals surface area contributed by atoms with Crippen LogP contribution in [0.4, 0.5) is 4.39 Å². The Balaban J connectivity index is 2.75. The molecule has 0 saturated carbocycles. The van der Waals surface area contributed by atoms with Crippen LogP contribution >= 0.6 is 38.5 Å². The van der Waals surface area contributed by atoms with E-state index >= 15 is 0 Å². The fraction of sp³-hybridized carbons (Fsp3) is 0.125. The summed E-state index contributed by atoms with van der Waals surface area (Å²) in [4.78, 5) is 7.32. The normalized spacial score (nSPS) is 11.0. The molecule has 1 heterocycles. The number of imidazole rings is 1. The number of benzene rings is 1. The summed E-state index contributed by atoms with van der Waals surface area (Å²) in [5.74, 6) is 0.584. The fourth-order valence-corrected chi connectivity index (χ4v) is 2.13. The molecule has 1 aromatic carbocycles. The number of halogens is 3. The van der Waals surface area contributed by atoms with Crippen LogP contribution in [0.1, 0.15) is 5.82 Å². The molecule has 0 atom stereocenters. The average Bonchev–Trinajstić information content (AvgIpc) is 2.47. The topological polar surface area (TPSA) is 28.7 Å². The zero-order chi connectivity index (χ0) is 9.42. The van der Waals surface area contributed by atoms with Gasteiger partial charge in [-0.05, 0) is 34.7 Å². The molecular weight excluding hydrogens is 350 g/mol. The third-order valence-corrected chi connectivity index (χ3v) is 3.03. The van der Waals surface area contributed by atoms with Crippen LogP contribution in [0.25, 0.3) is 11.0 Å². The first-order valence-electron chi connectivity index (χ1n) is 3.60. The van der Waals surface area contributed by atoms with Gasteiger partial charge in [0.15, 0.2) is 0 Å². The van der Waals surface area contributed by atoms with Crippen LogP contribution < -0.4 is 0 Å². The number of nitrogens with one attached hydrogen (secondary N) is 1. The molecule has 5 heteroatoms. The molecule has 0 amide bonds. The van der Waals surface area contributed by atoms with Crippen molar-refractivity contribution < 1.29 is 4.39 Å². The number of rotatable bonds is 1. The molecule has 1 N–H and O–H groups in total. The SMILES string of the molecule is Fc1cc(I)c2nc(CBr)[nH]c2c1. The van der Waals surface area contributed by atoms with Crippen LogP contribution in [0.2, 0.25) is 0 Å². The number of aromatic nitrogens is 2. The van der Waals surface area contributed by atoms with Crippen LogP contribution in [0.3, 0.4) is 0 Å². The Kier molecular flexibility index (Phi) is 2.55. The van der Waals surface area contributed by atoms with Crippen LogP contribution in [0, 0.1) is 9.39 Å². The lowest BCUT2D eigenvalue weighted by Crippen LogP contribution is -1.79. The van der Waals surface area contributed by atoms with E-state index < -0.39 is 0 Å². The second kappa shape index (κ2) is 3.53. The van der Waals surface area contributed by atoms with Crippen molar-refractivity contribution in [1.82, 2.24) is 9.97 Å². The summed E-state index contributed by atoms with van der Waals surface area (Å²) >= 11 is 5.36. The van der Waals surface area contributed by atoms with Crippen molar-refractivity contribution in [3.8, 4) is 0 Å². The van der Waals surface area contributed by atoms with Gasteiger partial charge in [-0.15, -0.1) is 0 Å². The highest BCUT2D eigenvalue weighted by Crippen LogP contribution is 2.20. The minimum absolute atomic E-state index is 0.235. The minimum Gasteiger partial charge on any atom is -0.341 e. The van der Waals surface area contributed by atoms with Crippen LogP contribution in [0.5, 0.6) is 0 Å². The zero-order valence-corrected chi connectivity index (χ0v) is 10.2. The van der Waals surface area contributed by atoms with Gasteiger partial charge in [-0.3, -0.25) is 0 Å². The van der Waals surface area contributed by atoms with E-state index in [1.54, 1.807) is 0 Å². The summed E-state index contributed by atoms with van der Waals surface area (Å²) in [6, 6.07) is 2.93. The summed E-state index contributed by atoms with van der Waals surface area (Å²) in [6.45, 7) is 0. The van der Waals surface area contributed by atoms with Crippen molar-refractivity contribution in [1.29, 1.82) is 0 Å². The van der Waals surface area contributed by atoms with E-state index in [9.17, 15) is 4.39 Å². The summed E-state index contributed by atoms with van der Waals surface area (Å²) < 4.78 is 13.8. The van der Waals surface area contributed by atoms with Gasteiger partial charge in [0.05, 0.1) is 10.8 Å². The quantitative estimate of drug-likeness (QED) is 0.618. The van der Waals surface area contributed by atoms with Gasteiger partial charge in [-0.2, -0.15) is 0 Å². The molecule has 0 saturated heterocycles. The smallest absolute Gasteiger partial charge is 0.126 e. The Labute approximate surface area is 96.2 Å². The lowest BCUT2D eigenvalue weighted by Gasteiger charge is -1.92. The highest BCUT2D eigenvalue weighted by Gasteiger charge is 2.06. The Morgan fingerprint density at radius 1 is 1.54 bits per heavy atom. The van der Waals surface area contributed by atoms with E-state index in [0.29, 0.717) is 5.33 Å². The van der Waals surface area contributed by atoms with Gasteiger partial charge in [0.25, 0.3) is 0 Å². The van der Waals surface area contributed by atoms with Crippen LogP contribution in [-0.4, -0.2) is 9.97 Å².